The highest BCUT2D eigenvalue weighted by atomic mass is 35.5. The third-order valence-corrected chi connectivity index (χ3v) is 6.16. The van der Waals surface area contributed by atoms with Gasteiger partial charge in [0, 0.05) is 42.9 Å². The number of aromatic nitrogens is 3. The zero-order valence-corrected chi connectivity index (χ0v) is 17.2. The van der Waals surface area contributed by atoms with Crippen molar-refractivity contribution in [3.63, 3.8) is 0 Å². The Labute approximate surface area is 173 Å². The van der Waals surface area contributed by atoms with Crippen molar-refractivity contribution in [2.75, 3.05) is 37.0 Å². The lowest BCUT2D eigenvalue weighted by atomic mass is 10.2. The van der Waals surface area contributed by atoms with E-state index in [2.05, 4.69) is 25.0 Å². The summed E-state index contributed by atoms with van der Waals surface area (Å²) < 4.78 is 7.69. The fourth-order valence-corrected chi connectivity index (χ4v) is 4.30. The van der Waals surface area contributed by atoms with Crippen molar-refractivity contribution in [2.24, 2.45) is 0 Å². The summed E-state index contributed by atoms with van der Waals surface area (Å²) in [6.07, 6.45) is 2.77. The lowest BCUT2D eigenvalue weighted by Gasteiger charge is -2.27. The molecule has 2 aliphatic rings. The van der Waals surface area contributed by atoms with E-state index in [0.29, 0.717) is 29.8 Å². The summed E-state index contributed by atoms with van der Waals surface area (Å²) in [5.41, 5.74) is 0.925. The van der Waals surface area contributed by atoms with Gasteiger partial charge in [0.15, 0.2) is 5.16 Å². The average Bonchev–Trinajstić information content (AvgIpc) is 3.47. The summed E-state index contributed by atoms with van der Waals surface area (Å²) in [6.45, 7) is 3.60. The zero-order valence-electron chi connectivity index (χ0n) is 15.6. The molecule has 0 radical (unpaired) electrons. The van der Waals surface area contributed by atoms with Crippen LogP contribution < -0.4 is 10.2 Å². The van der Waals surface area contributed by atoms with Gasteiger partial charge in [-0.1, -0.05) is 41.6 Å². The Morgan fingerprint density at radius 3 is 2.79 bits per heavy atom. The van der Waals surface area contributed by atoms with Crippen molar-refractivity contribution in [1.82, 2.24) is 20.1 Å². The number of anilines is 1. The van der Waals surface area contributed by atoms with E-state index in [1.807, 2.05) is 24.3 Å². The molecule has 1 aromatic carbocycles. The minimum atomic E-state index is 0.0123. The van der Waals surface area contributed by atoms with E-state index in [0.717, 1.165) is 43.0 Å². The van der Waals surface area contributed by atoms with E-state index in [1.165, 1.54) is 12.8 Å². The van der Waals surface area contributed by atoms with E-state index < -0.39 is 0 Å². The molecule has 1 amide bonds. The molecular formula is C19H24ClN5O2S. The molecule has 0 unspecified atom stereocenters. The number of amides is 1. The highest BCUT2D eigenvalue weighted by molar-refractivity contribution is 7.99. The van der Waals surface area contributed by atoms with E-state index in [4.69, 9.17) is 16.3 Å². The second kappa shape index (κ2) is 9.15. The summed E-state index contributed by atoms with van der Waals surface area (Å²) >= 11 is 7.72. The highest BCUT2D eigenvalue weighted by Gasteiger charge is 2.32. The van der Waals surface area contributed by atoms with E-state index in [9.17, 15) is 4.79 Å². The summed E-state index contributed by atoms with van der Waals surface area (Å²) in [5, 5.41) is 13.3. The van der Waals surface area contributed by atoms with Crippen molar-refractivity contribution in [2.45, 2.75) is 37.0 Å². The molecule has 4 rings (SSSR count). The molecule has 2 heterocycles. The Bertz CT molecular complexity index is 820. The van der Waals surface area contributed by atoms with Gasteiger partial charge in [0.25, 0.3) is 0 Å². The van der Waals surface area contributed by atoms with E-state index in [1.54, 1.807) is 11.8 Å². The van der Waals surface area contributed by atoms with Gasteiger partial charge in [0.05, 0.1) is 13.2 Å². The largest absolute Gasteiger partial charge is 0.378 e. The maximum atomic E-state index is 12.2. The smallest absolute Gasteiger partial charge is 0.228 e. The molecule has 1 N–H and O–H groups in total. The number of thioether (sulfide) groups is 1. The Morgan fingerprint density at radius 2 is 2.04 bits per heavy atom. The molecule has 1 saturated heterocycles. The molecule has 7 nitrogen and oxygen atoms in total. The number of benzene rings is 1. The molecule has 0 atom stereocenters. The van der Waals surface area contributed by atoms with Gasteiger partial charge in [-0.15, -0.1) is 10.2 Å². The van der Waals surface area contributed by atoms with E-state index in [-0.39, 0.29) is 5.91 Å². The Morgan fingerprint density at radius 1 is 1.25 bits per heavy atom. The first-order chi connectivity index (χ1) is 13.7. The Balaban J connectivity index is 1.29. The van der Waals surface area contributed by atoms with Crippen LogP contribution in [-0.4, -0.2) is 52.7 Å². The number of ether oxygens (including phenoxy) is 1. The number of rotatable bonds is 8. The molecule has 1 saturated carbocycles. The Hall–Kier alpha value is -1.77. The number of nitrogens with one attached hydrogen (secondary N) is 1. The fraction of sp³-hybridized carbons (Fsp3) is 0.526. The summed E-state index contributed by atoms with van der Waals surface area (Å²) in [6, 6.07) is 8.04. The lowest BCUT2D eigenvalue weighted by Crippen LogP contribution is -2.38. The third-order valence-electron chi connectivity index (χ3n) is 4.85. The summed E-state index contributed by atoms with van der Waals surface area (Å²) in [5.74, 6) is 1.62. The van der Waals surface area contributed by atoms with Crippen LogP contribution in [0.1, 0.15) is 30.9 Å². The molecule has 0 spiro atoms. The van der Waals surface area contributed by atoms with Gasteiger partial charge in [0.2, 0.25) is 11.9 Å². The topological polar surface area (TPSA) is 72.3 Å². The number of hydrogen-bond donors (Lipinski definition) is 1. The van der Waals surface area contributed by atoms with Gasteiger partial charge in [-0.25, -0.2) is 0 Å². The maximum Gasteiger partial charge on any atom is 0.228 e. The van der Waals surface area contributed by atoms with Crippen molar-refractivity contribution < 1.29 is 9.53 Å². The van der Waals surface area contributed by atoms with E-state index >= 15 is 0 Å². The quantitative estimate of drug-likeness (QED) is 0.661. The van der Waals surface area contributed by atoms with Crippen LogP contribution in [0.15, 0.2) is 29.4 Å². The predicted molar refractivity (Wildman–Crippen MR) is 110 cm³/mol. The minimum absolute atomic E-state index is 0.0123. The molecule has 9 heteroatoms. The third kappa shape index (κ3) is 4.79. The highest BCUT2D eigenvalue weighted by Crippen LogP contribution is 2.41. The lowest BCUT2D eigenvalue weighted by molar-refractivity contribution is -0.120. The van der Waals surface area contributed by atoms with Crippen LogP contribution in [0.3, 0.4) is 0 Å². The van der Waals surface area contributed by atoms with Crippen LogP contribution in [0.25, 0.3) is 0 Å². The van der Waals surface area contributed by atoms with Crippen LogP contribution in [0.4, 0.5) is 5.95 Å². The number of carbonyl (C=O) groups excluding carboxylic acids is 1. The maximum absolute atomic E-state index is 12.2. The van der Waals surface area contributed by atoms with Crippen LogP contribution in [0, 0.1) is 0 Å². The molecule has 1 aliphatic carbocycles. The predicted octanol–water partition coefficient (Wildman–Crippen LogP) is 2.90. The first-order valence-electron chi connectivity index (χ1n) is 9.63. The number of halogens is 1. The second-order valence-electron chi connectivity index (χ2n) is 6.95. The van der Waals surface area contributed by atoms with Crippen LogP contribution in [0.2, 0.25) is 5.02 Å². The number of hydrogen-bond acceptors (Lipinski definition) is 6. The molecule has 2 aromatic rings. The number of morpholine rings is 1. The first kappa shape index (κ1) is 19.5. The number of nitrogens with zero attached hydrogens (tertiary/aromatic N) is 4. The summed E-state index contributed by atoms with van der Waals surface area (Å²) in [4.78, 5) is 14.4. The van der Waals surface area contributed by atoms with Gasteiger partial charge in [-0.2, -0.15) is 0 Å². The SMILES string of the molecule is O=C(CCSc1nnc(N2CCOCC2)n1C1CC1)NCc1ccccc1Cl. The zero-order chi connectivity index (χ0) is 19.3. The molecule has 28 heavy (non-hydrogen) atoms. The van der Waals surface area contributed by atoms with Gasteiger partial charge < -0.3 is 15.0 Å². The van der Waals surface area contributed by atoms with Crippen molar-refractivity contribution >= 4 is 35.2 Å². The van der Waals surface area contributed by atoms with Crippen molar-refractivity contribution in [1.29, 1.82) is 0 Å². The molecule has 0 bridgehead atoms. The first-order valence-corrected chi connectivity index (χ1v) is 11.0. The fourth-order valence-electron chi connectivity index (χ4n) is 3.16. The normalized spacial score (nSPS) is 17.0. The van der Waals surface area contributed by atoms with Gasteiger partial charge in [-0.3, -0.25) is 9.36 Å². The minimum Gasteiger partial charge on any atom is -0.378 e. The van der Waals surface area contributed by atoms with Crippen molar-refractivity contribution in [3.05, 3.63) is 34.9 Å². The van der Waals surface area contributed by atoms with Gasteiger partial charge in [-0.05, 0) is 24.5 Å². The molecule has 150 valence electrons. The van der Waals surface area contributed by atoms with Crippen LogP contribution in [0.5, 0.6) is 0 Å². The van der Waals surface area contributed by atoms with Crippen molar-refractivity contribution in [3.8, 4) is 0 Å². The van der Waals surface area contributed by atoms with Crippen LogP contribution >= 0.6 is 23.4 Å². The monoisotopic (exact) mass is 421 g/mol. The average molecular weight is 422 g/mol. The summed E-state index contributed by atoms with van der Waals surface area (Å²) in [7, 11) is 0. The van der Waals surface area contributed by atoms with Gasteiger partial charge in [0.1, 0.15) is 0 Å². The molecular weight excluding hydrogens is 398 g/mol. The Kier molecular flexibility index (Phi) is 6.39. The van der Waals surface area contributed by atoms with Crippen LogP contribution in [-0.2, 0) is 16.1 Å². The second-order valence-corrected chi connectivity index (χ2v) is 8.42. The molecule has 1 aromatic heterocycles. The number of carbonyl (C=O) groups is 1. The molecule has 1 aliphatic heterocycles. The standard InChI is InChI=1S/C19H24ClN5O2S/c20-16-4-2-1-3-14(16)13-21-17(26)7-12-28-19-23-22-18(25(19)15-5-6-15)24-8-10-27-11-9-24/h1-4,15H,5-13H2,(H,21,26). The molecule has 2 fully saturated rings. The van der Waals surface area contributed by atoms with Gasteiger partial charge >= 0.3 is 0 Å².